The second kappa shape index (κ2) is 32.2. The van der Waals surface area contributed by atoms with Gasteiger partial charge in [-0.05, 0) is 53.0 Å². The molecule has 0 amide bonds. The van der Waals surface area contributed by atoms with Gasteiger partial charge in [-0.15, -0.1) is 0 Å². The molecule has 2 heterocycles. The van der Waals surface area contributed by atoms with Gasteiger partial charge >= 0.3 is 7.12 Å². The van der Waals surface area contributed by atoms with Gasteiger partial charge in [-0.1, -0.05) is 236 Å². The van der Waals surface area contributed by atoms with Crippen molar-refractivity contribution < 1.29 is 18.8 Å². The number of hydrogen-bond acceptors (Lipinski definition) is 8. The van der Waals surface area contributed by atoms with E-state index < -0.39 is 12.9 Å². The highest BCUT2D eigenvalue weighted by molar-refractivity contribution is 6.58. The molecule has 0 aliphatic rings. The van der Waals surface area contributed by atoms with Gasteiger partial charge in [-0.3, -0.25) is 0 Å². The van der Waals surface area contributed by atoms with Crippen molar-refractivity contribution >= 4 is 35.8 Å². The van der Waals surface area contributed by atoms with E-state index in [1.54, 1.807) is 36.4 Å². The third-order valence-corrected chi connectivity index (χ3v) is 12.1. The summed E-state index contributed by atoms with van der Waals surface area (Å²) in [6.45, 7) is 8.69. The van der Waals surface area contributed by atoms with E-state index in [1.165, 1.54) is 33.0 Å². The van der Waals surface area contributed by atoms with Gasteiger partial charge in [-0.25, -0.2) is 35.3 Å². The third kappa shape index (κ3) is 17.5. The minimum atomic E-state index is -1.34. The average molecular weight is 1120 g/mol. The van der Waals surface area contributed by atoms with Crippen LogP contribution in [0.3, 0.4) is 0 Å². The maximum absolute atomic E-state index is 16.0. The van der Waals surface area contributed by atoms with E-state index in [0.29, 0.717) is 39.5 Å². The highest BCUT2D eigenvalue weighted by atomic mass is 35.5. The molecule has 0 unspecified atom stereocenters. The lowest BCUT2D eigenvalue weighted by Gasteiger charge is -2.14. The van der Waals surface area contributed by atoms with Crippen LogP contribution in [0.15, 0.2) is 249 Å². The molecule has 0 fully saturated rings. The molecule has 14 heteroatoms. The van der Waals surface area contributed by atoms with Crippen LogP contribution in [0.25, 0.3) is 94.9 Å². The van der Waals surface area contributed by atoms with E-state index in [0.717, 1.165) is 56.0 Å². The molecule has 0 saturated carbocycles. The molecular formula is C68H52BCl2F2N7O2. The summed E-state index contributed by atoms with van der Waals surface area (Å²) >= 11 is 12.0. The van der Waals surface area contributed by atoms with E-state index in [1.807, 2.05) is 212 Å². The Labute approximate surface area is 487 Å². The molecule has 0 saturated heterocycles. The Hall–Kier alpha value is -9.97. The van der Waals surface area contributed by atoms with Gasteiger partial charge in [-0.2, -0.15) is 10.5 Å². The van der Waals surface area contributed by atoms with Crippen LogP contribution in [0.5, 0.6) is 0 Å². The molecule has 0 aliphatic heterocycles. The average Bonchev–Trinajstić information content (AvgIpc) is 3.60. The van der Waals surface area contributed by atoms with Crippen LogP contribution in [-0.4, -0.2) is 44.2 Å². The van der Waals surface area contributed by atoms with Crippen LogP contribution in [-0.2, 0) is 0 Å². The molecule has 0 spiro atoms. The van der Waals surface area contributed by atoms with Crippen LogP contribution in [0, 0.1) is 40.9 Å². The number of rotatable bonds is 9. The second-order valence-corrected chi connectivity index (χ2v) is 18.0. The first kappa shape index (κ1) is 61.3. The predicted octanol–water partition coefficient (Wildman–Crippen LogP) is 16.8. The number of halogens is 4. The fraction of sp³-hybridized carbons (Fsp3) is 0.0441. The van der Waals surface area contributed by atoms with Crippen molar-refractivity contribution in [3.05, 3.63) is 282 Å². The Morgan fingerprint density at radius 1 is 0.402 bits per heavy atom. The van der Waals surface area contributed by atoms with E-state index >= 15 is 4.39 Å². The number of aromatic nitrogens is 4. The Morgan fingerprint density at radius 3 is 0.927 bits per heavy atom. The van der Waals surface area contributed by atoms with Crippen LogP contribution in [0.1, 0.15) is 13.8 Å². The Morgan fingerprint density at radius 2 is 0.646 bits per heavy atom. The molecule has 2 N–H and O–H groups in total. The van der Waals surface area contributed by atoms with E-state index in [4.69, 9.17) is 65.3 Å². The van der Waals surface area contributed by atoms with Gasteiger partial charge in [0.05, 0.1) is 45.0 Å². The summed E-state index contributed by atoms with van der Waals surface area (Å²) in [5.41, 5.74) is 11.4. The predicted molar refractivity (Wildman–Crippen MR) is 329 cm³/mol. The van der Waals surface area contributed by atoms with Crippen molar-refractivity contribution in [2.45, 2.75) is 13.8 Å². The van der Waals surface area contributed by atoms with Gasteiger partial charge in [0.2, 0.25) is 7.05 Å². The van der Waals surface area contributed by atoms with Crippen molar-refractivity contribution in [3.63, 3.8) is 0 Å². The molecular weight excluding hydrogens is 1070 g/mol. The normalized spacial score (nSPS) is 9.73. The SMILES string of the molecule is CC#N.CC#N.Fc1c(-c2ccccc2)cc(-c2cc(-c3ccccc3)nc(-c3ccccc3)n2)cc1-c1ccccc1.Fc1c(Cl)cc(-c2cc(-c3ccccc3)nc(-c3ccccc3)n2)cc1Cl.OB(O)c1ccccc1.[C-]#[N+]C. The first-order valence-corrected chi connectivity index (χ1v) is 26.1. The zero-order valence-electron chi connectivity index (χ0n) is 44.8. The van der Waals surface area contributed by atoms with E-state index in [2.05, 4.69) is 9.83 Å². The Balaban J connectivity index is 0.000000209. The fourth-order valence-electron chi connectivity index (χ4n) is 7.89. The summed E-state index contributed by atoms with van der Waals surface area (Å²) in [6.07, 6.45) is 0. The lowest BCUT2D eigenvalue weighted by molar-refractivity contribution is 0.426. The standard InChI is InChI=1S/C34H23FN2.C22H13Cl2FN2.C6H7BO2.3C2H3N/c35-33-29(24-13-5-1-6-14-24)21-28(22-30(33)25-15-7-2-8-16-25)32-23-31(26-17-9-3-10-18-26)36-34(37-32)27-19-11-4-12-20-27;23-17-11-16(12-18(24)21(17)25)20-13-19(14-7-3-1-4-8-14)26-22(27-20)15-9-5-2-6-10-15;8-7(9)6-4-2-1-3-5-6;1-3-2;2*1-2-3/h1-23H;1-13H;1-5,8-9H;3*1H3. The molecule has 402 valence electrons. The first-order chi connectivity index (χ1) is 39.9. The van der Waals surface area contributed by atoms with Gasteiger partial charge in [0.1, 0.15) is 5.82 Å². The smallest absolute Gasteiger partial charge is 0.423 e. The molecule has 82 heavy (non-hydrogen) atoms. The topological polar surface area (TPSA) is 144 Å². The lowest BCUT2D eigenvalue weighted by Crippen LogP contribution is -2.29. The van der Waals surface area contributed by atoms with Crippen LogP contribution >= 0.6 is 23.2 Å². The number of hydrogen-bond donors (Lipinski definition) is 2. The zero-order valence-corrected chi connectivity index (χ0v) is 46.3. The second-order valence-electron chi connectivity index (χ2n) is 17.2. The third-order valence-electron chi connectivity index (χ3n) is 11.6. The minimum Gasteiger partial charge on any atom is -0.423 e. The summed E-state index contributed by atoms with van der Waals surface area (Å²) in [4.78, 5) is 22.0. The maximum Gasteiger partial charge on any atom is 0.488 e. The summed E-state index contributed by atoms with van der Waals surface area (Å²) in [5.74, 6) is 0.316. The maximum atomic E-state index is 16.0. The van der Waals surface area contributed by atoms with Crippen LogP contribution < -0.4 is 5.46 Å². The zero-order chi connectivity index (χ0) is 58.6. The van der Waals surface area contributed by atoms with Crippen molar-refractivity contribution in [1.29, 1.82) is 10.5 Å². The molecule has 9 aromatic carbocycles. The fourth-order valence-corrected chi connectivity index (χ4v) is 8.38. The van der Waals surface area contributed by atoms with Crippen LogP contribution in [0.2, 0.25) is 10.0 Å². The lowest BCUT2D eigenvalue weighted by atomic mass is 9.81. The number of benzene rings is 9. The van der Waals surface area contributed by atoms with Crippen LogP contribution in [0.4, 0.5) is 8.78 Å². The molecule has 0 atom stereocenters. The molecule has 11 rings (SSSR count). The highest BCUT2D eigenvalue weighted by Gasteiger charge is 2.19. The number of nitrogens with zero attached hydrogens (tertiary/aromatic N) is 7. The summed E-state index contributed by atoms with van der Waals surface area (Å²) in [7, 11) is 0.0752. The van der Waals surface area contributed by atoms with Crippen molar-refractivity contribution in [3.8, 4) is 102 Å². The quantitative estimate of drug-likeness (QED) is 0.0826. The summed E-state index contributed by atoms with van der Waals surface area (Å²) in [5, 5.41) is 31.7. The monoisotopic (exact) mass is 1120 g/mol. The van der Waals surface area contributed by atoms with E-state index in [-0.39, 0.29) is 15.9 Å². The van der Waals surface area contributed by atoms with Crippen molar-refractivity contribution in [2.75, 3.05) is 7.05 Å². The summed E-state index contributed by atoms with van der Waals surface area (Å²) in [6, 6.07) is 81.6. The Bertz CT molecular complexity index is 3670. The molecule has 2 aromatic heterocycles. The van der Waals surface area contributed by atoms with Gasteiger partial charge < -0.3 is 14.9 Å². The van der Waals surface area contributed by atoms with Gasteiger partial charge in [0, 0.05) is 58.4 Å². The minimum absolute atomic E-state index is 0.0429. The first-order valence-electron chi connectivity index (χ1n) is 25.3. The molecule has 0 aliphatic carbocycles. The van der Waals surface area contributed by atoms with Gasteiger partial charge in [0.15, 0.2) is 17.5 Å². The molecule has 9 nitrogen and oxygen atoms in total. The van der Waals surface area contributed by atoms with E-state index in [9.17, 15) is 4.39 Å². The summed E-state index contributed by atoms with van der Waals surface area (Å²) < 4.78 is 29.8. The largest absolute Gasteiger partial charge is 0.488 e. The molecule has 0 radical (unpaired) electrons. The van der Waals surface area contributed by atoms with Crippen molar-refractivity contribution in [1.82, 2.24) is 19.9 Å². The highest BCUT2D eigenvalue weighted by Crippen LogP contribution is 2.38. The molecule has 0 bridgehead atoms. The van der Waals surface area contributed by atoms with Crippen molar-refractivity contribution in [2.24, 2.45) is 0 Å². The number of nitriles is 2. The Kier molecular flexibility index (Phi) is 24.0. The van der Waals surface area contributed by atoms with Gasteiger partial charge in [0.25, 0.3) is 0 Å². The molecule has 11 aromatic rings.